The number of carbonyl (C=O) groups is 3. The Morgan fingerprint density at radius 3 is 2.22 bits per heavy atom. The zero-order chi connectivity index (χ0) is 16.8. The second kappa shape index (κ2) is 5.05. The monoisotopic (exact) mass is 313 g/mol. The Bertz CT molecular complexity index is 782. The molecule has 0 radical (unpaired) electrons. The van der Waals surface area contributed by atoms with E-state index in [-0.39, 0.29) is 22.1 Å². The van der Waals surface area contributed by atoms with Crippen LogP contribution in [0.25, 0.3) is 0 Å². The van der Waals surface area contributed by atoms with Crippen molar-refractivity contribution < 1.29 is 19.2 Å². The van der Waals surface area contributed by atoms with Gasteiger partial charge in [-0.25, -0.2) is 4.79 Å². The van der Waals surface area contributed by atoms with E-state index in [0.29, 0.717) is 10.8 Å². The number of aromatic amines is 1. The first kappa shape index (κ1) is 15.0. The Morgan fingerprint density at radius 2 is 1.70 bits per heavy atom. The zero-order valence-corrected chi connectivity index (χ0v) is 12.9. The summed E-state index contributed by atoms with van der Waals surface area (Å²) in [4.78, 5) is 41.8. The Balaban J connectivity index is 1.87. The first-order chi connectivity index (χ1) is 10.8. The van der Waals surface area contributed by atoms with Crippen LogP contribution in [0.1, 0.15) is 57.5 Å². The summed E-state index contributed by atoms with van der Waals surface area (Å²) in [5.74, 6) is -2.11. The van der Waals surface area contributed by atoms with E-state index in [0.717, 1.165) is 0 Å². The fourth-order valence-electron chi connectivity index (χ4n) is 2.39. The molecule has 0 aliphatic carbocycles. The Kier molecular flexibility index (Phi) is 3.28. The van der Waals surface area contributed by atoms with E-state index >= 15 is 0 Å². The summed E-state index contributed by atoms with van der Waals surface area (Å²) in [5, 5.41) is 7.09. The second-order valence-corrected chi connectivity index (χ2v) is 6.24. The van der Waals surface area contributed by atoms with Gasteiger partial charge in [-0.05, 0) is 12.1 Å². The number of fused-ring (bicyclic) bond motifs is 1. The van der Waals surface area contributed by atoms with E-state index in [1.807, 2.05) is 20.8 Å². The van der Waals surface area contributed by atoms with Crippen molar-refractivity contribution in [3.63, 3.8) is 0 Å². The van der Waals surface area contributed by atoms with Crippen LogP contribution in [-0.2, 0) is 10.3 Å². The highest BCUT2D eigenvalue weighted by Gasteiger charge is 2.39. The highest BCUT2D eigenvalue weighted by molar-refractivity contribution is 6.21. The molecule has 1 aromatic heterocycles. The Hall–Kier alpha value is -2.96. The van der Waals surface area contributed by atoms with Crippen molar-refractivity contribution in [1.82, 2.24) is 15.3 Å². The lowest BCUT2D eigenvalue weighted by Gasteiger charge is -2.18. The number of carbonyl (C=O) groups excluding carboxylic acids is 3. The molecule has 0 unspecified atom stereocenters. The van der Waals surface area contributed by atoms with Gasteiger partial charge in [0.15, 0.2) is 0 Å². The minimum Gasteiger partial charge on any atom is -0.324 e. The van der Waals surface area contributed by atoms with Crippen LogP contribution in [0.15, 0.2) is 30.5 Å². The van der Waals surface area contributed by atoms with Gasteiger partial charge in [0.1, 0.15) is 5.56 Å². The maximum Gasteiger partial charge on any atom is 0.367 e. The zero-order valence-electron chi connectivity index (χ0n) is 12.9. The fraction of sp³-hybridized carbons (Fsp3) is 0.250. The van der Waals surface area contributed by atoms with Crippen molar-refractivity contribution in [3.8, 4) is 0 Å². The highest BCUT2D eigenvalue weighted by atomic mass is 16.7. The standard InChI is InChI=1S/C16H15N3O4/c1-16(2,3)12-11(8-17-18-12)15(22)23-19-13(20)9-6-4-5-7-10(9)14(19)21/h4-8H,1-3H3,(H,17,18). The molecule has 2 amide bonds. The summed E-state index contributed by atoms with van der Waals surface area (Å²) in [6.45, 7) is 5.71. The van der Waals surface area contributed by atoms with Crippen LogP contribution in [0.2, 0.25) is 0 Å². The normalized spacial score (nSPS) is 14.1. The van der Waals surface area contributed by atoms with E-state index in [1.165, 1.54) is 18.3 Å². The van der Waals surface area contributed by atoms with E-state index in [1.54, 1.807) is 12.1 Å². The Morgan fingerprint density at radius 1 is 1.13 bits per heavy atom. The molecule has 0 fully saturated rings. The quantitative estimate of drug-likeness (QED) is 0.857. The van der Waals surface area contributed by atoms with Crippen molar-refractivity contribution in [2.24, 2.45) is 0 Å². The summed E-state index contributed by atoms with van der Waals surface area (Å²) in [6, 6.07) is 6.32. The number of aromatic nitrogens is 2. The molecule has 2 aromatic rings. The van der Waals surface area contributed by atoms with Gasteiger partial charge in [-0.15, -0.1) is 0 Å². The lowest BCUT2D eigenvalue weighted by Crippen LogP contribution is -2.33. The van der Waals surface area contributed by atoms with Gasteiger partial charge in [-0.1, -0.05) is 38.0 Å². The average Bonchev–Trinajstić information content (AvgIpc) is 3.08. The number of benzene rings is 1. The van der Waals surface area contributed by atoms with Crippen LogP contribution in [0.3, 0.4) is 0 Å². The topological polar surface area (TPSA) is 92.4 Å². The van der Waals surface area contributed by atoms with Gasteiger partial charge in [-0.3, -0.25) is 14.7 Å². The van der Waals surface area contributed by atoms with Gasteiger partial charge in [0.05, 0.1) is 23.0 Å². The summed E-state index contributed by atoms with van der Waals surface area (Å²) in [7, 11) is 0. The van der Waals surface area contributed by atoms with Gasteiger partial charge >= 0.3 is 5.97 Å². The van der Waals surface area contributed by atoms with Crippen molar-refractivity contribution in [2.75, 3.05) is 0 Å². The Labute approximate surface area is 132 Å². The minimum atomic E-state index is -0.807. The molecular weight excluding hydrogens is 298 g/mol. The van der Waals surface area contributed by atoms with Crippen LogP contribution in [0.5, 0.6) is 0 Å². The van der Waals surface area contributed by atoms with Crippen LogP contribution in [0.4, 0.5) is 0 Å². The summed E-state index contributed by atoms with van der Waals surface area (Å²) >= 11 is 0. The molecule has 1 aliphatic heterocycles. The molecule has 1 aliphatic rings. The van der Waals surface area contributed by atoms with E-state index < -0.39 is 17.8 Å². The van der Waals surface area contributed by atoms with E-state index in [2.05, 4.69) is 10.2 Å². The van der Waals surface area contributed by atoms with E-state index in [9.17, 15) is 14.4 Å². The first-order valence-corrected chi connectivity index (χ1v) is 7.04. The second-order valence-electron chi connectivity index (χ2n) is 6.24. The smallest absolute Gasteiger partial charge is 0.324 e. The molecule has 0 bridgehead atoms. The number of imide groups is 1. The van der Waals surface area contributed by atoms with Gasteiger partial charge < -0.3 is 4.84 Å². The van der Waals surface area contributed by atoms with E-state index in [4.69, 9.17) is 4.84 Å². The molecule has 23 heavy (non-hydrogen) atoms. The highest BCUT2D eigenvalue weighted by Crippen LogP contribution is 2.26. The molecule has 3 rings (SSSR count). The molecule has 1 N–H and O–H groups in total. The van der Waals surface area contributed by atoms with Crippen LogP contribution in [-0.4, -0.2) is 33.0 Å². The van der Waals surface area contributed by atoms with Crippen molar-refractivity contribution >= 4 is 17.8 Å². The lowest BCUT2D eigenvalue weighted by molar-refractivity contribution is -0.0585. The average molecular weight is 313 g/mol. The van der Waals surface area contributed by atoms with Gasteiger partial charge in [0.25, 0.3) is 11.8 Å². The molecule has 118 valence electrons. The van der Waals surface area contributed by atoms with Crippen molar-refractivity contribution in [1.29, 1.82) is 0 Å². The number of hydrogen-bond acceptors (Lipinski definition) is 5. The van der Waals surface area contributed by atoms with Crippen molar-refractivity contribution in [2.45, 2.75) is 26.2 Å². The molecule has 7 nitrogen and oxygen atoms in total. The van der Waals surface area contributed by atoms with Crippen LogP contribution < -0.4 is 0 Å². The molecule has 0 saturated carbocycles. The largest absolute Gasteiger partial charge is 0.367 e. The summed E-state index contributed by atoms with van der Waals surface area (Å²) < 4.78 is 0. The number of rotatable bonds is 2. The van der Waals surface area contributed by atoms with Gasteiger partial charge in [0, 0.05) is 5.41 Å². The maximum atomic E-state index is 12.3. The number of hydroxylamine groups is 2. The molecule has 0 atom stereocenters. The number of H-pyrrole nitrogens is 1. The summed E-state index contributed by atoms with van der Waals surface area (Å²) in [5.41, 5.74) is 0.822. The van der Waals surface area contributed by atoms with Crippen LogP contribution in [0, 0.1) is 0 Å². The third-order valence-corrected chi connectivity index (χ3v) is 3.54. The first-order valence-electron chi connectivity index (χ1n) is 7.04. The predicted octanol–water partition coefficient (Wildman–Crippen LogP) is 2.08. The number of amides is 2. The van der Waals surface area contributed by atoms with Crippen LogP contribution >= 0.6 is 0 Å². The van der Waals surface area contributed by atoms with Gasteiger partial charge in [0.2, 0.25) is 0 Å². The summed E-state index contributed by atoms with van der Waals surface area (Å²) in [6.07, 6.45) is 1.32. The molecule has 2 heterocycles. The third-order valence-electron chi connectivity index (χ3n) is 3.54. The maximum absolute atomic E-state index is 12.3. The molecule has 1 aromatic carbocycles. The minimum absolute atomic E-state index is 0.189. The predicted molar refractivity (Wildman–Crippen MR) is 79.6 cm³/mol. The molecule has 7 heteroatoms. The number of nitrogens with one attached hydrogen (secondary N) is 1. The SMILES string of the molecule is CC(C)(C)c1[nH]ncc1C(=O)ON1C(=O)c2ccccc2C1=O. The van der Waals surface area contributed by atoms with Gasteiger partial charge in [-0.2, -0.15) is 5.10 Å². The molecule has 0 saturated heterocycles. The third kappa shape index (κ3) is 2.40. The van der Waals surface area contributed by atoms with Crippen molar-refractivity contribution in [3.05, 3.63) is 52.8 Å². The molecular formula is C16H15N3O4. The number of nitrogens with zero attached hydrogens (tertiary/aromatic N) is 2. The number of hydrogen-bond donors (Lipinski definition) is 1. The lowest BCUT2D eigenvalue weighted by atomic mass is 9.90. The fourth-order valence-corrected chi connectivity index (χ4v) is 2.39. The molecule has 0 spiro atoms.